The van der Waals surface area contributed by atoms with Crippen LogP contribution in [0.1, 0.15) is 22.7 Å². The maximum atomic E-state index is 12.6. The van der Waals surface area contributed by atoms with Gasteiger partial charge in [-0.1, -0.05) is 71.4 Å². The Morgan fingerprint density at radius 2 is 1.68 bits per heavy atom. The molecule has 2 aromatic heterocycles. The number of anilines is 1. The highest BCUT2D eigenvalue weighted by molar-refractivity contribution is 6.33. The normalized spacial score (nSPS) is 11.5. The zero-order chi connectivity index (χ0) is 21.8. The summed E-state index contributed by atoms with van der Waals surface area (Å²) in [7, 11) is 0. The quantitative estimate of drug-likeness (QED) is 0.428. The van der Waals surface area contributed by atoms with E-state index in [-0.39, 0.29) is 5.82 Å². The van der Waals surface area contributed by atoms with Gasteiger partial charge in [0.2, 0.25) is 5.82 Å². The van der Waals surface area contributed by atoms with Crippen molar-refractivity contribution in [2.24, 2.45) is 0 Å². The summed E-state index contributed by atoms with van der Waals surface area (Å²) in [6.07, 6.45) is -2.65. The SMILES string of the molecule is FC(F)(F)c1nc(-c2ccc(CNc3ncnc(Cc4ccccc4)c3Cl)cc2)no1. The topological polar surface area (TPSA) is 76.7 Å². The second-order valence-electron chi connectivity index (χ2n) is 6.62. The molecule has 0 saturated carbocycles. The van der Waals surface area contributed by atoms with E-state index in [4.69, 9.17) is 11.6 Å². The lowest BCUT2D eigenvalue weighted by Gasteiger charge is -2.10. The maximum Gasteiger partial charge on any atom is 0.471 e. The van der Waals surface area contributed by atoms with Crippen molar-refractivity contribution in [1.29, 1.82) is 0 Å². The number of aromatic nitrogens is 4. The van der Waals surface area contributed by atoms with Crippen LogP contribution in [-0.2, 0) is 19.1 Å². The number of nitrogens with zero attached hydrogens (tertiary/aromatic N) is 4. The highest BCUT2D eigenvalue weighted by Gasteiger charge is 2.38. The summed E-state index contributed by atoms with van der Waals surface area (Å²) in [6.45, 7) is 0.405. The van der Waals surface area contributed by atoms with Crippen LogP contribution in [0.4, 0.5) is 19.0 Å². The van der Waals surface area contributed by atoms with Crippen LogP contribution >= 0.6 is 11.6 Å². The smallest absolute Gasteiger partial charge is 0.365 e. The van der Waals surface area contributed by atoms with Gasteiger partial charge in [0.1, 0.15) is 17.2 Å². The van der Waals surface area contributed by atoms with E-state index in [9.17, 15) is 13.2 Å². The van der Waals surface area contributed by atoms with E-state index in [1.807, 2.05) is 30.3 Å². The minimum Gasteiger partial charge on any atom is -0.365 e. The van der Waals surface area contributed by atoms with Crippen LogP contribution in [0.2, 0.25) is 5.02 Å². The number of benzene rings is 2. The second-order valence-corrected chi connectivity index (χ2v) is 6.99. The molecule has 0 unspecified atom stereocenters. The van der Waals surface area contributed by atoms with E-state index in [1.165, 1.54) is 6.33 Å². The summed E-state index contributed by atoms with van der Waals surface area (Å²) < 4.78 is 42.1. The fourth-order valence-electron chi connectivity index (χ4n) is 2.86. The summed E-state index contributed by atoms with van der Waals surface area (Å²) in [5, 5.41) is 6.97. The Hall–Kier alpha value is -3.46. The molecule has 0 atom stereocenters. The fourth-order valence-corrected chi connectivity index (χ4v) is 3.09. The number of halogens is 4. The fraction of sp³-hybridized carbons (Fsp3) is 0.143. The largest absolute Gasteiger partial charge is 0.471 e. The zero-order valence-corrected chi connectivity index (χ0v) is 16.7. The van der Waals surface area contributed by atoms with Crippen LogP contribution in [0.15, 0.2) is 65.4 Å². The molecule has 2 aromatic carbocycles. The molecule has 6 nitrogen and oxygen atoms in total. The van der Waals surface area contributed by atoms with Crippen molar-refractivity contribution in [3.8, 4) is 11.4 Å². The average Bonchev–Trinajstić information content (AvgIpc) is 3.26. The third-order valence-electron chi connectivity index (χ3n) is 4.42. The molecular formula is C21H15ClF3N5O. The van der Waals surface area contributed by atoms with Crippen LogP contribution in [0.5, 0.6) is 0 Å². The van der Waals surface area contributed by atoms with Gasteiger partial charge in [-0.2, -0.15) is 18.2 Å². The third-order valence-corrected chi connectivity index (χ3v) is 4.81. The van der Waals surface area contributed by atoms with Gasteiger partial charge in [-0.3, -0.25) is 0 Å². The molecule has 0 aliphatic carbocycles. The molecule has 0 aliphatic rings. The summed E-state index contributed by atoms with van der Waals surface area (Å²) in [5.74, 6) is -1.01. The Morgan fingerprint density at radius 1 is 0.935 bits per heavy atom. The first-order chi connectivity index (χ1) is 14.9. The van der Waals surface area contributed by atoms with Gasteiger partial charge in [0.05, 0.1) is 5.69 Å². The lowest BCUT2D eigenvalue weighted by Crippen LogP contribution is -2.05. The maximum absolute atomic E-state index is 12.6. The second kappa shape index (κ2) is 8.73. The van der Waals surface area contributed by atoms with E-state index < -0.39 is 12.1 Å². The summed E-state index contributed by atoms with van der Waals surface area (Å²) in [5.41, 5.74) is 3.06. The predicted octanol–water partition coefficient (Wildman–Crippen LogP) is 5.40. The molecule has 0 bridgehead atoms. The van der Waals surface area contributed by atoms with Crippen molar-refractivity contribution < 1.29 is 17.7 Å². The van der Waals surface area contributed by atoms with Gasteiger partial charge in [-0.25, -0.2) is 9.97 Å². The van der Waals surface area contributed by atoms with Gasteiger partial charge in [0.15, 0.2) is 0 Å². The molecule has 4 aromatic rings. The van der Waals surface area contributed by atoms with Crippen molar-refractivity contribution in [1.82, 2.24) is 20.1 Å². The van der Waals surface area contributed by atoms with Gasteiger partial charge in [0, 0.05) is 18.5 Å². The van der Waals surface area contributed by atoms with Crippen molar-refractivity contribution in [2.75, 3.05) is 5.32 Å². The van der Waals surface area contributed by atoms with Gasteiger partial charge in [-0.05, 0) is 11.1 Å². The first kappa shape index (κ1) is 20.8. The Bertz CT molecular complexity index is 1160. The molecular weight excluding hydrogens is 431 g/mol. The molecule has 0 fully saturated rings. The average molecular weight is 446 g/mol. The highest BCUT2D eigenvalue weighted by Crippen LogP contribution is 2.29. The molecule has 31 heavy (non-hydrogen) atoms. The monoisotopic (exact) mass is 445 g/mol. The lowest BCUT2D eigenvalue weighted by atomic mass is 10.1. The number of alkyl halides is 3. The molecule has 0 spiro atoms. The predicted molar refractivity (Wildman–Crippen MR) is 108 cm³/mol. The standard InChI is InChI=1S/C21H15ClF3N5O/c22-17-16(10-13-4-2-1-3-5-13)27-12-28-19(17)26-11-14-6-8-15(9-7-14)18-29-20(31-30-18)21(23,24)25/h1-9,12H,10-11H2,(H,26,27,28). The van der Waals surface area contributed by atoms with Crippen molar-refractivity contribution in [3.63, 3.8) is 0 Å². The number of nitrogens with one attached hydrogen (secondary N) is 1. The molecule has 158 valence electrons. The Kier molecular flexibility index (Phi) is 5.85. The van der Waals surface area contributed by atoms with Gasteiger partial charge >= 0.3 is 12.1 Å². The van der Waals surface area contributed by atoms with E-state index in [1.54, 1.807) is 24.3 Å². The molecule has 0 saturated heterocycles. The number of rotatable bonds is 6. The molecule has 0 aliphatic heterocycles. The molecule has 1 N–H and O–H groups in total. The molecule has 0 amide bonds. The molecule has 10 heteroatoms. The van der Waals surface area contributed by atoms with Crippen molar-refractivity contribution >= 4 is 17.4 Å². The Labute approximate surface area is 180 Å². The number of hydrogen-bond acceptors (Lipinski definition) is 6. The summed E-state index contributed by atoms with van der Waals surface area (Å²) in [4.78, 5) is 11.8. The lowest BCUT2D eigenvalue weighted by molar-refractivity contribution is -0.159. The van der Waals surface area contributed by atoms with E-state index in [0.29, 0.717) is 35.1 Å². The third kappa shape index (κ3) is 5.00. The van der Waals surface area contributed by atoms with Gasteiger partial charge in [0.25, 0.3) is 0 Å². The van der Waals surface area contributed by atoms with Crippen molar-refractivity contribution in [2.45, 2.75) is 19.1 Å². The first-order valence-corrected chi connectivity index (χ1v) is 9.55. The van der Waals surface area contributed by atoms with Crippen LogP contribution in [0.3, 0.4) is 0 Å². The van der Waals surface area contributed by atoms with E-state index in [0.717, 1.165) is 11.1 Å². The number of hydrogen-bond donors (Lipinski definition) is 1. The van der Waals surface area contributed by atoms with Gasteiger partial charge in [-0.15, -0.1) is 0 Å². The summed E-state index contributed by atoms with van der Waals surface area (Å²) in [6, 6.07) is 16.5. The Balaban J connectivity index is 1.43. The molecule has 0 radical (unpaired) electrons. The molecule has 4 rings (SSSR count). The minimum atomic E-state index is -4.68. The Morgan fingerprint density at radius 3 is 2.35 bits per heavy atom. The molecule has 2 heterocycles. The van der Waals surface area contributed by atoms with Crippen LogP contribution in [0, 0.1) is 0 Å². The van der Waals surface area contributed by atoms with Crippen LogP contribution in [0.25, 0.3) is 11.4 Å². The first-order valence-electron chi connectivity index (χ1n) is 9.17. The van der Waals surface area contributed by atoms with Crippen molar-refractivity contribution in [3.05, 3.63) is 88.7 Å². The highest BCUT2D eigenvalue weighted by atomic mass is 35.5. The van der Waals surface area contributed by atoms with Gasteiger partial charge < -0.3 is 9.84 Å². The van der Waals surface area contributed by atoms with E-state index >= 15 is 0 Å². The van der Waals surface area contributed by atoms with Crippen LogP contribution in [-0.4, -0.2) is 20.1 Å². The zero-order valence-electron chi connectivity index (χ0n) is 15.9. The van der Waals surface area contributed by atoms with E-state index in [2.05, 4.69) is 29.9 Å². The minimum absolute atomic E-state index is 0.128. The summed E-state index contributed by atoms with van der Waals surface area (Å²) >= 11 is 6.46. The van der Waals surface area contributed by atoms with Crippen LogP contribution < -0.4 is 5.32 Å².